The summed E-state index contributed by atoms with van der Waals surface area (Å²) in [6.45, 7) is 4.19. The molecule has 2 nitrogen and oxygen atoms in total. The highest BCUT2D eigenvalue weighted by Gasteiger charge is 2.05. The molecule has 0 aliphatic carbocycles. The van der Waals surface area contributed by atoms with Gasteiger partial charge in [0.1, 0.15) is 5.75 Å². The molecule has 16 heavy (non-hydrogen) atoms. The van der Waals surface area contributed by atoms with Gasteiger partial charge in [0.2, 0.25) is 0 Å². The Balaban J connectivity index is 2.59. The molecule has 0 atom stereocenters. The van der Waals surface area contributed by atoms with Crippen LogP contribution in [0.25, 0.3) is 10.8 Å². The van der Waals surface area contributed by atoms with Crippen molar-refractivity contribution in [2.45, 2.75) is 13.8 Å². The number of hydrogen-bond acceptors (Lipinski definition) is 2. The average Bonchev–Trinajstić information content (AvgIpc) is 2.28. The lowest BCUT2D eigenvalue weighted by Crippen LogP contribution is -1.94. The number of hydrogen-bond donors (Lipinski definition) is 0. The summed E-state index contributed by atoms with van der Waals surface area (Å²) >= 11 is 0. The smallest absolute Gasteiger partial charge is 0.160 e. The SMILES string of the molecule is CCOc1ccc2c(C(C)=O)cccc2c1. The van der Waals surface area contributed by atoms with Crippen LogP contribution in [0.2, 0.25) is 0 Å². The van der Waals surface area contributed by atoms with Crippen molar-refractivity contribution in [1.82, 2.24) is 0 Å². The van der Waals surface area contributed by atoms with Crippen LogP contribution in [0.15, 0.2) is 36.4 Å². The van der Waals surface area contributed by atoms with Crippen molar-refractivity contribution in [2.24, 2.45) is 0 Å². The second-order valence-electron chi connectivity index (χ2n) is 3.68. The zero-order chi connectivity index (χ0) is 11.5. The third kappa shape index (κ3) is 1.91. The Bertz CT molecular complexity index is 529. The van der Waals surface area contributed by atoms with Gasteiger partial charge in [-0.3, -0.25) is 4.79 Å². The van der Waals surface area contributed by atoms with E-state index in [2.05, 4.69) is 0 Å². The first-order valence-electron chi connectivity index (χ1n) is 5.39. The fourth-order valence-electron chi connectivity index (χ4n) is 1.83. The third-order valence-electron chi connectivity index (χ3n) is 2.54. The van der Waals surface area contributed by atoms with E-state index in [0.717, 1.165) is 22.1 Å². The van der Waals surface area contributed by atoms with E-state index in [1.807, 2.05) is 43.3 Å². The maximum absolute atomic E-state index is 11.4. The predicted molar refractivity (Wildman–Crippen MR) is 65.1 cm³/mol. The van der Waals surface area contributed by atoms with E-state index in [-0.39, 0.29) is 5.78 Å². The van der Waals surface area contributed by atoms with Crippen molar-refractivity contribution in [3.05, 3.63) is 42.0 Å². The quantitative estimate of drug-likeness (QED) is 0.731. The molecule has 0 N–H and O–H groups in total. The molecule has 0 heterocycles. The van der Waals surface area contributed by atoms with Crippen molar-refractivity contribution in [3.63, 3.8) is 0 Å². The molecule has 2 heteroatoms. The molecular weight excluding hydrogens is 200 g/mol. The molecule has 0 saturated carbocycles. The molecule has 0 bridgehead atoms. The monoisotopic (exact) mass is 214 g/mol. The van der Waals surface area contributed by atoms with Crippen LogP contribution in [0.1, 0.15) is 24.2 Å². The summed E-state index contributed by atoms with van der Waals surface area (Å²) in [7, 11) is 0. The van der Waals surface area contributed by atoms with Crippen molar-refractivity contribution in [3.8, 4) is 5.75 Å². The number of benzene rings is 2. The first kappa shape index (κ1) is 10.7. The maximum Gasteiger partial charge on any atom is 0.160 e. The minimum absolute atomic E-state index is 0.0924. The first-order chi connectivity index (χ1) is 7.72. The molecule has 0 aromatic heterocycles. The zero-order valence-electron chi connectivity index (χ0n) is 9.49. The normalized spacial score (nSPS) is 10.4. The van der Waals surface area contributed by atoms with Gasteiger partial charge in [0.25, 0.3) is 0 Å². The third-order valence-corrected chi connectivity index (χ3v) is 2.54. The number of carbonyl (C=O) groups is 1. The van der Waals surface area contributed by atoms with Crippen LogP contribution in [0.5, 0.6) is 5.75 Å². The van der Waals surface area contributed by atoms with Gasteiger partial charge in [-0.1, -0.05) is 18.2 Å². The van der Waals surface area contributed by atoms with Crippen LogP contribution in [-0.4, -0.2) is 12.4 Å². The van der Waals surface area contributed by atoms with E-state index in [1.54, 1.807) is 6.92 Å². The van der Waals surface area contributed by atoms with E-state index >= 15 is 0 Å². The molecule has 0 fully saturated rings. The van der Waals surface area contributed by atoms with Crippen molar-refractivity contribution in [2.75, 3.05) is 6.61 Å². The lowest BCUT2D eigenvalue weighted by Gasteiger charge is -2.06. The minimum atomic E-state index is 0.0924. The Kier molecular flexibility index (Phi) is 2.91. The lowest BCUT2D eigenvalue weighted by atomic mass is 10.0. The summed E-state index contributed by atoms with van der Waals surface area (Å²) in [5, 5.41) is 2.03. The highest BCUT2D eigenvalue weighted by Crippen LogP contribution is 2.24. The molecule has 2 rings (SSSR count). The molecule has 0 aliphatic heterocycles. The molecule has 0 aliphatic rings. The van der Waals surface area contributed by atoms with E-state index < -0.39 is 0 Å². The first-order valence-corrected chi connectivity index (χ1v) is 5.39. The number of carbonyl (C=O) groups excluding carboxylic acids is 1. The summed E-state index contributed by atoms with van der Waals surface area (Å²) in [6.07, 6.45) is 0. The fourth-order valence-corrected chi connectivity index (χ4v) is 1.83. The molecule has 2 aromatic rings. The number of Topliss-reactive ketones (excluding diaryl/α,β-unsaturated/α-hetero) is 1. The maximum atomic E-state index is 11.4. The Morgan fingerprint density at radius 2 is 2.06 bits per heavy atom. The molecule has 0 amide bonds. The predicted octanol–water partition coefficient (Wildman–Crippen LogP) is 3.44. The molecular formula is C14H14O2. The summed E-state index contributed by atoms with van der Waals surface area (Å²) in [5.74, 6) is 0.936. The topological polar surface area (TPSA) is 26.3 Å². The summed E-state index contributed by atoms with van der Waals surface area (Å²) in [6, 6.07) is 11.5. The van der Waals surface area contributed by atoms with E-state index in [4.69, 9.17) is 4.74 Å². The van der Waals surface area contributed by atoms with Crippen LogP contribution in [0, 0.1) is 0 Å². The Morgan fingerprint density at radius 3 is 2.75 bits per heavy atom. The zero-order valence-corrected chi connectivity index (χ0v) is 9.49. The highest BCUT2D eigenvalue weighted by molar-refractivity contribution is 6.07. The van der Waals surface area contributed by atoms with Crippen LogP contribution < -0.4 is 4.74 Å². The van der Waals surface area contributed by atoms with Crippen molar-refractivity contribution < 1.29 is 9.53 Å². The second kappa shape index (κ2) is 4.35. The van der Waals surface area contributed by atoms with Crippen LogP contribution in [0.3, 0.4) is 0 Å². The van der Waals surface area contributed by atoms with Gasteiger partial charge in [0.05, 0.1) is 6.61 Å². The Morgan fingerprint density at radius 1 is 1.25 bits per heavy atom. The summed E-state index contributed by atoms with van der Waals surface area (Å²) in [4.78, 5) is 11.4. The van der Waals surface area contributed by atoms with E-state index in [1.165, 1.54) is 0 Å². The lowest BCUT2D eigenvalue weighted by molar-refractivity contribution is 0.101. The van der Waals surface area contributed by atoms with Gasteiger partial charge in [-0.15, -0.1) is 0 Å². The van der Waals surface area contributed by atoms with Gasteiger partial charge >= 0.3 is 0 Å². The summed E-state index contributed by atoms with van der Waals surface area (Å²) < 4.78 is 5.43. The molecule has 0 unspecified atom stereocenters. The van der Waals surface area contributed by atoms with Gasteiger partial charge in [-0.05, 0) is 42.8 Å². The van der Waals surface area contributed by atoms with Gasteiger partial charge in [-0.25, -0.2) is 0 Å². The average molecular weight is 214 g/mol. The largest absolute Gasteiger partial charge is 0.494 e. The molecule has 0 radical (unpaired) electrons. The summed E-state index contributed by atoms with van der Waals surface area (Å²) in [5.41, 5.74) is 0.764. The van der Waals surface area contributed by atoms with Gasteiger partial charge in [0.15, 0.2) is 5.78 Å². The molecule has 2 aromatic carbocycles. The molecule has 82 valence electrons. The van der Waals surface area contributed by atoms with Crippen LogP contribution in [-0.2, 0) is 0 Å². The standard InChI is InChI=1S/C14H14O2/c1-3-16-12-7-8-14-11(9-12)5-4-6-13(14)10(2)15/h4-9H,3H2,1-2H3. The van der Waals surface area contributed by atoms with Crippen molar-refractivity contribution >= 4 is 16.6 Å². The second-order valence-corrected chi connectivity index (χ2v) is 3.68. The number of ether oxygens (including phenoxy) is 1. The van der Waals surface area contributed by atoms with Crippen LogP contribution in [0.4, 0.5) is 0 Å². The van der Waals surface area contributed by atoms with Gasteiger partial charge in [-0.2, -0.15) is 0 Å². The fraction of sp³-hybridized carbons (Fsp3) is 0.214. The highest BCUT2D eigenvalue weighted by atomic mass is 16.5. The molecule has 0 spiro atoms. The van der Waals surface area contributed by atoms with E-state index in [0.29, 0.717) is 6.61 Å². The number of fused-ring (bicyclic) bond motifs is 1. The minimum Gasteiger partial charge on any atom is -0.494 e. The van der Waals surface area contributed by atoms with E-state index in [9.17, 15) is 4.79 Å². The number of ketones is 1. The van der Waals surface area contributed by atoms with Gasteiger partial charge < -0.3 is 4.74 Å². The van der Waals surface area contributed by atoms with Gasteiger partial charge in [0, 0.05) is 5.56 Å². The Labute approximate surface area is 94.8 Å². The number of rotatable bonds is 3. The Hall–Kier alpha value is -1.83. The van der Waals surface area contributed by atoms with Crippen molar-refractivity contribution in [1.29, 1.82) is 0 Å². The molecule has 0 saturated heterocycles. The van der Waals surface area contributed by atoms with Crippen LogP contribution >= 0.6 is 0 Å².